The highest BCUT2D eigenvalue weighted by Gasteiger charge is 2.30. The minimum atomic E-state index is -0.723. The van der Waals surface area contributed by atoms with Gasteiger partial charge in [0, 0.05) is 12.5 Å². The van der Waals surface area contributed by atoms with Gasteiger partial charge in [0.05, 0.1) is 5.92 Å². The van der Waals surface area contributed by atoms with E-state index in [2.05, 4.69) is 5.32 Å². The Balaban J connectivity index is 1.69. The van der Waals surface area contributed by atoms with E-state index < -0.39 is 5.97 Å². The van der Waals surface area contributed by atoms with Gasteiger partial charge in [0.2, 0.25) is 5.91 Å². The van der Waals surface area contributed by atoms with Gasteiger partial charge in [-0.05, 0) is 38.0 Å². The third-order valence-electron chi connectivity index (χ3n) is 4.35. The topological polar surface area (TPSA) is 66.4 Å². The summed E-state index contributed by atoms with van der Waals surface area (Å²) in [5.41, 5.74) is 0. The van der Waals surface area contributed by atoms with Crippen molar-refractivity contribution in [1.29, 1.82) is 0 Å². The van der Waals surface area contributed by atoms with Gasteiger partial charge in [0.1, 0.15) is 0 Å². The molecule has 2 saturated carbocycles. The molecule has 0 saturated heterocycles. The maximum atomic E-state index is 11.9. The largest absolute Gasteiger partial charge is 0.481 e. The molecule has 4 nitrogen and oxygen atoms in total. The average Bonchev–Trinajstić information content (AvgIpc) is 2.78. The zero-order valence-electron chi connectivity index (χ0n) is 10.9. The van der Waals surface area contributed by atoms with Crippen LogP contribution in [0, 0.1) is 11.8 Å². The zero-order chi connectivity index (χ0) is 13.0. The van der Waals surface area contributed by atoms with Crippen LogP contribution < -0.4 is 5.32 Å². The second kappa shape index (κ2) is 6.21. The number of rotatable bonds is 4. The normalized spacial score (nSPS) is 29.1. The number of amides is 1. The summed E-state index contributed by atoms with van der Waals surface area (Å²) in [6, 6.07) is 0.0854. The Morgan fingerprint density at radius 2 is 1.78 bits per heavy atom. The molecule has 0 unspecified atom stereocenters. The summed E-state index contributed by atoms with van der Waals surface area (Å²) in [6.07, 6.45) is 8.91. The lowest BCUT2D eigenvalue weighted by atomic mass is 9.87. The molecule has 2 atom stereocenters. The third-order valence-corrected chi connectivity index (χ3v) is 4.35. The number of carboxylic acid groups (broad SMARTS) is 1. The van der Waals surface area contributed by atoms with E-state index in [4.69, 9.17) is 5.11 Å². The molecule has 0 radical (unpaired) electrons. The molecule has 0 aromatic heterocycles. The van der Waals surface area contributed by atoms with Crippen molar-refractivity contribution in [2.75, 3.05) is 0 Å². The molecule has 2 aliphatic carbocycles. The van der Waals surface area contributed by atoms with Crippen LogP contribution in [0.5, 0.6) is 0 Å². The van der Waals surface area contributed by atoms with Crippen molar-refractivity contribution >= 4 is 11.9 Å². The van der Waals surface area contributed by atoms with Crippen molar-refractivity contribution in [2.24, 2.45) is 11.8 Å². The minimum Gasteiger partial charge on any atom is -0.481 e. The highest BCUT2D eigenvalue weighted by molar-refractivity contribution is 5.77. The number of carbonyl (C=O) groups is 2. The van der Waals surface area contributed by atoms with Crippen molar-refractivity contribution in [3.8, 4) is 0 Å². The monoisotopic (exact) mass is 253 g/mol. The Kier molecular flexibility index (Phi) is 4.61. The van der Waals surface area contributed by atoms with Crippen LogP contribution >= 0.6 is 0 Å². The van der Waals surface area contributed by atoms with E-state index in [9.17, 15) is 9.59 Å². The summed E-state index contributed by atoms with van der Waals surface area (Å²) < 4.78 is 0. The molecule has 18 heavy (non-hydrogen) atoms. The summed E-state index contributed by atoms with van der Waals surface area (Å²) in [5, 5.41) is 11.9. The zero-order valence-corrected chi connectivity index (χ0v) is 10.9. The number of hydrogen-bond donors (Lipinski definition) is 2. The van der Waals surface area contributed by atoms with Crippen molar-refractivity contribution < 1.29 is 14.7 Å². The molecule has 0 spiro atoms. The van der Waals surface area contributed by atoms with E-state index in [1.54, 1.807) is 0 Å². The predicted octanol–water partition coefficient (Wildman–Crippen LogP) is 2.33. The van der Waals surface area contributed by atoms with Crippen LogP contribution in [-0.4, -0.2) is 23.0 Å². The van der Waals surface area contributed by atoms with E-state index in [0.29, 0.717) is 25.2 Å². The Hall–Kier alpha value is -1.06. The molecular formula is C14H23NO3. The molecule has 0 bridgehead atoms. The minimum absolute atomic E-state index is 0.0854. The number of carboxylic acids is 1. The van der Waals surface area contributed by atoms with Crippen molar-refractivity contribution in [2.45, 2.75) is 63.8 Å². The lowest BCUT2D eigenvalue weighted by Crippen LogP contribution is -2.34. The summed E-state index contributed by atoms with van der Waals surface area (Å²) in [6.45, 7) is 0. The Morgan fingerprint density at radius 3 is 2.39 bits per heavy atom. The predicted molar refractivity (Wildman–Crippen MR) is 68.1 cm³/mol. The van der Waals surface area contributed by atoms with Crippen molar-refractivity contribution in [3.05, 3.63) is 0 Å². The van der Waals surface area contributed by atoms with Crippen LogP contribution in [0.4, 0.5) is 0 Å². The lowest BCUT2D eigenvalue weighted by molar-refractivity contribution is -0.141. The molecule has 102 valence electrons. The first-order chi connectivity index (χ1) is 8.65. The first-order valence-corrected chi connectivity index (χ1v) is 7.17. The van der Waals surface area contributed by atoms with E-state index in [1.165, 1.54) is 32.1 Å². The summed E-state index contributed by atoms with van der Waals surface area (Å²) in [5.74, 6) is -0.308. The number of hydrogen-bond acceptors (Lipinski definition) is 2. The Morgan fingerprint density at radius 1 is 1.06 bits per heavy atom. The summed E-state index contributed by atoms with van der Waals surface area (Å²) in [7, 11) is 0. The Bertz CT molecular complexity index is 310. The number of carbonyl (C=O) groups excluding carboxylic acids is 1. The molecule has 4 heteroatoms. The molecule has 1 amide bonds. The molecule has 2 fully saturated rings. The van der Waals surface area contributed by atoms with Crippen LogP contribution in [0.2, 0.25) is 0 Å². The highest BCUT2D eigenvalue weighted by Crippen LogP contribution is 2.28. The molecule has 0 aliphatic heterocycles. The fourth-order valence-electron chi connectivity index (χ4n) is 3.28. The highest BCUT2D eigenvalue weighted by atomic mass is 16.4. The van der Waals surface area contributed by atoms with Gasteiger partial charge in [-0.1, -0.05) is 19.3 Å². The van der Waals surface area contributed by atoms with Gasteiger partial charge in [-0.2, -0.15) is 0 Å². The van der Waals surface area contributed by atoms with Crippen LogP contribution in [0.25, 0.3) is 0 Å². The molecule has 0 aromatic rings. The molecule has 2 rings (SSSR count). The van der Waals surface area contributed by atoms with Gasteiger partial charge in [-0.15, -0.1) is 0 Å². The fraction of sp³-hybridized carbons (Fsp3) is 0.857. The van der Waals surface area contributed by atoms with Crippen molar-refractivity contribution in [3.63, 3.8) is 0 Å². The number of nitrogens with one attached hydrogen (secondary N) is 1. The van der Waals surface area contributed by atoms with E-state index >= 15 is 0 Å². The van der Waals surface area contributed by atoms with E-state index in [1.807, 2.05) is 0 Å². The molecule has 2 aliphatic rings. The summed E-state index contributed by atoms with van der Waals surface area (Å²) in [4.78, 5) is 22.7. The van der Waals surface area contributed by atoms with Crippen LogP contribution in [0.1, 0.15) is 57.8 Å². The first-order valence-electron chi connectivity index (χ1n) is 7.17. The molecule has 0 aromatic carbocycles. The fourth-order valence-corrected chi connectivity index (χ4v) is 3.28. The van der Waals surface area contributed by atoms with Gasteiger partial charge in [-0.3, -0.25) is 9.59 Å². The first kappa shape index (κ1) is 13.4. The number of aliphatic carboxylic acids is 1. The molecule has 0 heterocycles. The van der Waals surface area contributed by atoms with Gasteiger partial charge in [0.15, 0.2) is 0 Å². The maximum Gasteiger partial charge on any atom is 0.306 e. The standard InChI is InChI=1S/C14H23NO3/c16-13(8-10-4-2-1-3-5-10)15-12-7-6-11(9-12)14(17)18/h10-12H,1-9H2,(H,15,16)(H,17,18)/t11-,12+/m1/s1. The van der Waals surface area contributed by atoms with E-state index in [-0.39, 0.29) is 17.9 Å². The van der Waals surface area contributed by atoms with E-state index in [0.717, 1.165) is 6.42 Å². The SMILES string of the molecule is O=C(CC1CCCCC1)N[C@H]1CC[C@@H](C(=O)O)C1. The summed E-state index contributed by atoms with van der Waals surface area (Å²) >= 11 is 0. The van der Waals surface area contributed by atoms with Crippen LogP contribution in [0.3, 0.4) is 0 Å². The average molecular weight is 253 g/mol. The second-order valence-corrected chi connectivity index (χ2v) is 5.82. The van der Waals surface area contributed by atoms with Crippen molar-refractivity contribution in [1.82, 2.24) is 5.32 Å². The van der Waals surface area contributed by atoms with Gasteiger partial charge in [0.25, 0.3) is 0 Å². The Labute approximate surface area is 108 Å². The molecular weight excluding hydrogens is 230 g/mol. The second-order valence-electron chi connectivity index (χ2n) is 5.82. The van der Waals surface area contributed by atoms with Gasteiger partial charge >= 0.3 is 5.97 Å². The lowest BCUT2D eigenvalue weighted by Gasteiger charge is -2.22. The van der Waals surface area contributed by atoms with Crippen LogP contribution in [-0.2, 0) is 9.59 Å². The molecule has 2 N–H and O–H groups in total. The van der Waals surface area contributed by atoms with Crippen LogP contribution in [0.15, 0.2) is 0 Å². The van der Waals surface area contributed by atoms with Gasteiger partial charge < -0.3 is 10.4 Å². The smallest absolute Gasteiger partial charge is 0.306 e. The maximum absolute atomic E-state index is 11.9. The quantitative estimate of drug-likeness (QED) is 0.808. The van der Waals surface area contributed by atoms with Gasteiger partial charge in [-0.25, -0.2) is 0 Å². The third kappa shape index (κ3) is 3.72.